The van der Waals surface area contributed by atoms with Crippen LogP contribution in [0.1, 0.15) is 27.3 Å². The third-order valence-corrected chi connectivity index (χ3v) is 3.31. The van der Waals surface area contributed by atoms with Gasteiger partial charge in [-0.1, -0.05) is 12.1 Å². The SMILES string of the molecule is CNCCNC(=O)c1ccc(Cn2nc(C)cc2C)cc1.Cl. The molecule has 22 heavy (non-hydrogen) atoms. The highest BCUT2D eigenvalue weighted by molar-refractivity contribution is 5.94. The van der Waals surface area contributed by atoms with E-state index in [1.165, 1.54) is 0 Å². The van der Waals surface area contributed by atoms with Crippen LogP contribution in [-0.4, -0.2) is 35.8 Å². The van der Waals surface area contributed by atoms with Gasteiger partial charge in [-0.2, -0.15) is 5.10 Å². The van der Waals surface area contributed by atoms with Gasteiger partial charge in [-0.05, 0) is 44.7 Å². The monoisotopic (exact) mass is 322 g/mol. The number of likely N-dealkylation sites (N-methyl/N-ethyl adjacent to an activating group) is 1. The van der Waals surface area contributed by atoms with Crippen molar-refractivity contribution in [1.29, 1.82) is 0 Å². The molecule has 0 aliphatic carbocycles. The molecule has 2 rings (SSSR count). The summed E-state index contributed by atoms with van der Waals surface area (Å²) < 4.78 is 1.97. The Bertz CT molecular complexity index is 607. The van der Waals surface area contributed by atoms with E-state index in [-0.39, 0.29) is 18.3 Å². The Morgan fingerprint density at radius 3 is 2.41 bits per heavy atom. The Morgan fingerprint density at radius 2 is 1.86 bits per heavy atom. The minimum Gasteiger partial charge on any atom is -0.351 e. The summed E-state index contributed by atoms with van der Waals surface area (Å²) in [5.74, 6) is -0.0390. The summed E-state index contributed by atoms with van der Waals surface area (Å²) in [6.07, 6.45) is 0. The van der Waals surface area contributed by atoms with E-state index in [0.717, 1.165) is 30.0 Å². The summed E-state index contributed by atoms with van der Waals surface area (Å²) in [5, 5.41) is 10.3. The van der Waals surface area contributed by atoms with Gasteiger partial charge < -0.3 is 10.6 Å². The van der Waals surface area contributed by atoms with Gasteiger partial charge in [-0.3, -0.25) is 9.48 Å². The molecule has 0 spiro atoms. The normalized spacial score (nSPS) is 10.1. The molecule has 0 aliphatic heterocycles. The number of hydrogen-bond acceptors (Lipinski definition) is 3. The third kappa shape index (κ3) is 4.86. The van der Waals surface area contributed by atoms with Crippen molar-refractivity contribution in [2.24, 2.45) is 0 Å². The highest BCUT2D eigenvalue weighted by atomic mass is 35.5. The van der Waals surface area contributed by atoms with Crippen LogP contribution < -0.4 is 10.6 Å². The molecule has 6 heteroatoms. The molecule has 0 bridgehead atoms. The first-order valence-corrected chi connectivity index (χ1v) is 7.13. The van der Waals surface area contributed by atoms with Gasteiger partial charge in [0.15, 0.2) is 0 Å². The number of carbonyl (C=O) groups is 1. The topological polar surface area (TPSA) is 58.9 Å². The molecule has 0 unspecified atom stereocenters. The van der Waals surface area contributed by atoms with E-state index in [4.69, 9.17) is 0 Å². The van der Waals surface area contributed by atoms with Crippen molar-refractivity contribution < 1.29 is 4.79 Å². The van der Waals surface area contributed by atoms with Crippen molar-refractivity contribution in [3.8, 4) is 0 Å². The van der Waals surface area contributed by atoms with Gasteiger partial charge in [-0.15, -0.1) is 12.4 Å². The quantitative estimate of drug-likeness (QED) is 0.799. The number of amides is 1. The van der Waals surface area contributed by atoms with Crippen molar-refractivity contribution in [2.45, 2.75) is 20.4 Å². The first kappa shape index (κ1) is 18.2. The minimum absolute atomic E-state index is 0. The molecule has 0 radical (unpaired) electrons. The highest BCUT2D eigenvalue weighted by Crippen LogP contribution is 2.09. The van der Waals surface area contributed by atoms with Crippen molar-refractivity contribution in [1.82, 2.24) is 20.4 Å². The van der Waals surface area contributed by atoms with Crippen molar-refractivity contribution in [2.75, 3.05) is 20.1 Å². The molecule has 0 atom stereocenters. The lowest BCUT2D eigenvalue weighted by Gasteiger charge is -2.07. The summed E-state index contributed by atoms with van der Waals surface area (Å²) in [7, 11) is 1.86. The predicted octanol–water partition coefficient (Wildman–Crippen LogP) is 1.92. The summed E-state index contributed by atoms with van der Waals surface area (Å²) in [6, 6.07) is 9.72. The second kappa shape index (κ2) is 8.56. The zero-order chi connectivity index (χ0) is 15.2. The van der Waals surface area contributed by atoms with Crippen LogP contribution in [0.25, 0.3) is 0 Å². The summed E-state index contributed by atoms with van der Waals surface area (Å²) in [4.78, 5) is 11.9. The van der Waals surface area contributed by atoms with Crippen molar-refractivity contribution in [3.05, 3.63) is 52.8 Å². The maximum Gasteiger partial charge on any atom is 0.251 e. The number of nitrogens with one attached hydrogen (secondary N) is 2. The van der Waals surface area contributed by atoms with Crippen LogP contribution >= 0.6 is 12.4 Å². The van der Waals surface area contributed by atoms with Gasteiger partial charge in [0.25, 0.3) is 5.91 Å². The maximum absolute atomic E-state index is 11.9. The second-order valence-corrected chi connectivity index (χ2v) is 5.14. The Labute approximate surface area is 137 Å². The molecule has 1 aromatic heterocycles. The first-order valence-electron chi connectivity index (χ1n) is 7.13. The Morgan fingerprint density at radius 1 is 1.18 bits per heavy atom. The van der Waals surface area contributed by atoms with Gasteiger partial charge in [0.2, 0.25) is 0 Å². The summed E-state index contributed by atoms with van der Waals surface area (Å²) in [6.45, 7) is 6.15. The Kier molecular flexibility index (Phi) is 7.08. The molecule has 0 fully saturated rings. The molecule has 1 amide bonds. The van der Waals surface area contributed by atoms with E-state index >= 15 is 0 Å². The van der Waals surface area contributed by atoms with E-state index in [0.29, 0.717) is 12.1 Å². The van der Waals surface area contributed by atoms with Crippen LogP contribution in [0, 0.1) is 13.8 Å². The average Bonchev–Trinajstić information content (AvgIpc) is 2.78. The highest BCUT2D eigenvalue weighted by Gasteiger charge is 2.06. The zero-order valence-electron chi connectivity index (χ0n) is 13.2. The minimum atomic E-state index is -0.0390. The van der Waals surface area contributed by atoms with Crippen LogP contribution in [0.3, 0.4) is 0 Å². The molecule has 0 aliphatic rings. The van der Waals surface area contributed by atoms with E-state index in [9.17, 15) is 4.79 Å². The average molecular weight is 323 g/mol. The summed E-state index contributed by atoms with van der Waals surface area (Å²) in [5.41, 5.74) is 3.98. The molecule has 5 nitrogen and oxygen atoms in total. The molecule has 1 aromatic carbocycles. The molecular weight excluding hydrogens is 300 g/mol. The van der Waals surface area contributed by atoms with Gasteiger partial charge in [0.05, 0.1) is 12.2 Å². The Hall–Kier alpha value is -1.85. The number of aryl methyl sites for hydroxylation is 2. The van der Waals surface area contributed by atoms with Crippen LogP contribution in [-0.2, 0) is 6.54 Å². The molecule has 120 valence electrons. The van der Waals surface area contributed by atoms with Crippen LogP contribution in [0.4, 0.5) is 0 Å². The van der Waals surface area contributed by atoms with Gasteiger partial charge in [-0.25, -0.2) is 0 Å². The summed E-state index contributed by atoms with van der Waals surface area (Å²) >= 11 is 0. The standard InChI is InChI=1S/C16H22N4O.ClH/c1-12-10-13(2)20(19-12)11-14-4-6-15(7-5-14)16(21)18-9-8-17-3;/h4-7,10,17H,8-9,11H2,1-3H3,(H,18,21);1H. The number of hydrogen-bond donors (Lipinski definition) is 2. The van der Waals surface area contributed by atoms with Crippen molar-refractivity contribution >= 4 is 18.3 Å². The van der Waals surface area contributed by atoms with Gasteiger partial charge in [0, 0.05) is 24.3 Å². The van der Waals surface area contributed by atoms with Crippen LogP contribution in [0.15, 0.2) is 30.3 Å². The Balaban J connectivity index is 0.00000242. The first-order chi connectivity index (χ1) is 10.1. The van der Waals surface area contributed by atoms with E-state index < -0.39 is 0 Å². The van der Waals surface area contributed by atoms with E-state index in [1.54, 1.807) is 0 Å². The fourth-order valence-electron chi connectivity index (χ4n) is 2.17. The number of nitrogens with zero attached hydrogens (tertiary/aromatic N) is 2. The molecular formula is C16H23ClN4O. The van der Waals surface area contributed by atoms with Crippen LogP contribution in [0.2, 0.25) is 0 Å². The maximum atomic E-state index is 11.9. The molecule has 2 aromatic rings. The number of benzene rings is 1. The van der Waals surface area contributed by atoms with Gasteiger partial charge >= 0.3 is 0 Å². The van der Waals surface area contributed by atoms with E-state index in [1.807, 2.05) is 49.8 Å². The largest absolute Gasteiger partial charge is 0.351 e. The lowest BCUT2D eigenvalue weighted by atomic mass is 10.1. The number of rotatable bonds is 6. The molecule has 2 N–H and O–H groups in total. The number of carbonyl (C=O) groups excluding carboxylic acids is 1. The molecule has 0 saturated heterocycles. The number of halogens is 1. The van der Waals surface area contributed by atoms with E-state index in [2.05, 4.69) is 21.8 Å². The third-order valence-electron chi connectivity index (χ3n) is 3.31. The lowest BCUT2D eigenvalue weighted by molar-refractivity contribution is 0.0954. The smallest absolute Gasteiger partial charge is 0.251 e. The van der Waals surface area contributed by atoms with Crippen molar-refractivity contribution in [3.63, 3.8) is 0 Å². The molecule has 1 heterocycles. The number of aromatic nitrogens is 2. The lowest BCUT2D eigenvalue weighted by Crippen LogP contribution is -2.30. The second-order valence-electron chi connectivity index (χ2n) is 5.14. The van der Waals surface area contributed by atoms with Gasteiger partial charge in [0.1, 0.15) is 0 Å². The fourth-order valence-corrected chi connectivity index (χ4v) is 2.17. The van der Waals surface area contributed by atoms with Crippen LogP contribution in [0.5, 0.6) is 0 Å². The zero-order valence-corrected chi connectivity index (χ0v) is 14.0. The molecule has 0 saturated carbocycles. The predicted molar refractivity (Wildman–Crippen MR) is 90.8 cm³/mol. The fraction of sp³-hybridized carbons (Fsp3) is 0.375.